The van der Waals surface area contributed by atoms with Crippen LogP contribution < -0.4 is 10.1 Å². The van der Waals surface area contributed by atoms with Crippen LogP contribution in [0.5, 0.6) is 5.75 Å². The van der Waals surface area contributed by atoms with Crippen molar-refractivity contribution in [2.24, 2.45) is 0 Å². The van der Waals surface area contributed by atoms with Gasteiger partial charge in [0.05, 0.1) is 11.6 Å². The summed E-state index contributed by atoms with van der Waals surface area (Å²) in [6, 6.07) is 7.06. The zero-order valence-corrected chi connectivity index (χ0v) is 13.7. The third-order valence-electron chi connectivity index (χ3n) is 2.63. The molecule has 0 saturated carbocycles. The molecule has 0 aliphatic heterocycles. The molecule has 0 aliphatic rings. The molecule has 0 bridgehead atoms. The van der Waals surface area contributed by atoms with Crippen LogP contribution >= 0.6 is 31.9 Å². The number of benzene rings is 2. The van der Waals surface area contributed by atoms with Crippen LogP contribution in [0.4, 0.5) is 14.5 Å². The van der Waals surface area contributed by atoms with E-state index in [1.54, 1.807) is 7.11 Å². The van der Waals surface area contributed by atoms with Crippen LogP contribution in [-0.2, 0) is 6.54 Å². The van der Waals surface area contributed by atoms with E-state index in [0.717, 1.165) is 20.6 Å². The predicted molar refractivity (Wildman–Crippen MR) is 82.1 cm³/mol. The summed E-state index contributed by atoms with van der Waals surface area (Å²) in [5.41, 5.74) is 1.24. The van der Waals surface area contributed by atoms with E-state index in [2.05, 4.69) is 37.2 Å². The summed E-state index contributed by atoms with van der Waals surface area (Å²) in [4.78, 5) is 0. The lowest BCUT2D eigenvalue weighted by atomic mass is 10.2. The van der Waals surface area contributed by atoms with Gasteiger partial charge in [-0.05, 0) is 40.2 Å². The highest BCUT2D eigenvalue weighted by atomic mass is 79.9. The number of anilines is 1. The number of ether oxygens (including phenoxy) is 1. The number of nitrogens with one attached hydrogen (secondary N) is 1. The second kappa shape index (κ2) is 6.54. The van der Waals surface area contributed by atoms with E-state index in [4.69, 9.17) is 4.74 Å². The molecule has 0 aromatic heterocycles. The Morgan fingerprint density at radius 3 is 2.30 bits per heavy atom. The first kappa shape index (κ1) is 15.3. The monoisotopic (exact) mass is 405 g/mol. The van der Waals surface area contributed by atoms with Crippen molar-refractivity contribution in [1.82, 2.24) is 0 Å². The molecule has 106 valence electrons. The Morgan fingerprint density at radius 1 is 1.05 bits per heavy atom. The minimum absolute atomic E-state index is 0.376. The molecule has 0 unspecified atom stereocenters. The van der Waals surface area contributed by atoms with Gasteiger partial charge in [0.1, 0.15) is 17.4 Å². The zero-order chi connectivity index (χ0) is 14.7. The summed E-state index contributed by atoms with van der Waals surface area (Å²) < 4.78 is 33.2. The summed E-state index contributed by atoms with van der Waals surface area (Å²) in [6.45, 7) is 0.379. The standard InChI is InChI=1S/C14H11Br2F2NO/c1-20-14-8(2-9(15)3-13(14)16)7-19-12-5-10(17)4-11(18)6-12/h2-6,19H,7H2,1H3. The minimum Gasteiger partial charge on any atom is -0.495 e. The van der Waals surface area contributed by atoms with E-state index >= 15 is 0 Å². The largest absolute Gasteiger partial charge is 0.495 e. The van der Waals surface area contributed by atoms with Crippen molar-refractivity contribution in [3.05, 3.63) is 56.5 Å². The Kier molecular flexibility index (Phi) is 4.99. The van der Waals surface area contributed by atoms with E-state index in [0.29, 0.717) is 18.0 Å². The van der Waals surface area contributed by atoms with E-state index in [-0.39, 0.29) is 0 Å². The van der Waals surface area contributed by atoms with E-state index in [9.17, 15) is 8.78 Å². The van der Waals surface area contributed by atoms with Crippen LogP contribution in [0.1, 0.15) is 5.56 Å². The summed E-state index contributed by atoms with van der Waals surface area (Å²) in [5.74, 6) is -0.553. The average Bonchev–Trinajstić information content (AvgIpc) is 2.34. The number of rotatable bonds is 4. The molecule has 0 spiro atoms. The maximum Gasteiger partial charge on any atom is 0.138 e. The Labute approximate surface area is 132 Å². The van der Waals surface area contributed by atoms with Crippen molar-refractivity contribution in [3.63, 3.8) is 0 Å². The molecule has 0 amide bonds. The van der Waals surface area contributed by atoms with Gasteiger partial charge in [-0.15, -0.1) is 0 Å². The van der Waals surface area contributed by atoms with Gasteiger partial charge in [0.15, 0.2) is 0 Å². The first-order valence-electron chi connectivity index (χ1n) is 5.71. The lowest BCUT2D eigenvalue weighted by Crippen LogP contribution is -2.03. The molecule has 0 aliphatic carbocycles. The molecule has 2 aromatic rings. The third kappa shape index (κ3) is 3.70. The fourth-order valence-corrected chi connectivity index (χ4v) is 3.30. The van der Waals surface area contributed by atoms with Gasteiger partial charge in [0, 0.05) is 28.3 Å². The molecule has 0 radical (unpaired) electrons. The predicted octanol–water partition coefficient (Wildman–Crippen LogP) is 5.11. The molecule has 2 aromatic carbocycles. The second-order valence-corrected chi connectivity index (χ2v) is 5.86. The summed E-state index contributed by atoms with van der Waals surface area (Å²) in [6.07, 6.45) is 0. The lowest BCUT2D eigenvalue weighted by molar-refractivity contribution is 0.407. The van der Waals surface area contributed by atoms with Crippen molar-refractivity contribution < 1.29 is 13.5 Å². The molecule has 6 heteroatoms. The van der Waals surface area contributed by atoms with Crippen molar-refractivity contribution >= 4 is 37.5 Å². The van der Waals surface area contributed by atoms with Crippen molar-refractivity contribution in [3.8, 4) is 5.75 Å². The van der Waals surface area contributed by atoms with Crippen LogP contribution in [0.15, 0.2) is 39.3 Å². The quantitative estimate of drug-likeness (QED) is 0.761. The zero-order valence-electron chi connectivity index (χ0n) is 10.5. The summed E-state index contributed by atoms with van der Waals surface area (Å²) in [7, 11) is 1.57. The van der Waals surface area contributed by atoms with E-state index < -0.39 is 11.6 Å². The van der Waals surface area contributed by atoms with Gasteiger partial charge in [0.2, 0.25) is 0 Å². The normalized spacial score (nSPS) is 10.4. The summed E-state index contributed by atoms with van der Waals surface area (Å²) >= 11 is 6.80. The number of hydrogen-bond acceptors (Lipinski definition) is 2. The molecule has 2 nitrogen and oxygen atoms in total. The number of methoxy groups -OCH3 is 1. The van der Waals surface area contributed by atoms with Gasteiger partial charge in [-0.2, -0.15) is 0 Å². The van der Waals surface area contributed by atoms with Crippen LogP contribution in [0.25, 0.3) is 0 Å². The lowest BCUT2D eigenvalue weighted by Gasteiger charge is -2.13. The van der Waals surface area contributed by atoms with Crippen molar-refractivity contribution in [2.75, 3.05) is 12.4 Å². The molecular weight excluding hydrogens is 396 g/mol. The first-order valence-corrected chi connectivity index (χ1v) is 7.30. The van der Waals surface area contributed by atoms with Crippen LogP contribution in [0.2, 0.25) is 0 Å². The van der Waals surface area contributed by atoms with E-state index in [1.807, 2.05) is 12.1 Å². The van der Waals surface area contributed by atoms with Gasteiger partial charge in [-0.3, -0.25) is 0 Å². The number of halogens is 4. The molecule has 0 saturated heterocycles. The van der Waals surface area contributed by atoms with Gasteiger partial charge in [-0.25, -0.2) is 8.78 Å². The van der Waals surface area contributed by atoms with E-state index in [1.165, 1.54) is 12.1 Å². The molecular formula is C14H11Br2F2NO. The molecule has 0 heterocycles. The number of hydrogen-bond donors (Lipinski definition) is 1. The summed E-state index contributed by atoms with van der Waals surface area (Å²) in [5, 5.41) is 2.97. The minimum atomic E-state index is -0.616. The van der Waals surface area contributed by atoms with Crippen LogP contribution in [-0.4, -0.2) is 7.11 Å². The maximum atomic E-state index is 13.1. The Hall–Kier alpha value is -1.14. The fourth-order valence-electron chi connectivity index (χ4n) is 1.83. The van der Waals surface area contributed by atoms with Crippen molar-refractivity contribution in [2.45, 2.75) is 6.54 Å². The maximum absolute atomic E-state index is 13.1. The van der Waals surface area contributed by atoms with Gasteiger partial charge in [0.25, 0.3) is 0 Å². The topological polar surface area (TPSA) is 21.3 Å². The van der Waals surface area contributed by atoms with Crippen molar-refractivity contribution in [1.29, 1.82) is 0 Å². The molecule has 0 atom stereocenters. The Balaban J connectivity index is 2.22. The van der Waals surface area contributed by atoms with Gasteiger partial charge < -0.3 is 10.1 Å². The van der Waals surface area contributed by atoms with Crippen LogP contribution in [0.3, 0.4) is 0 Å². The molecule has 20 heavy (non-hydrogen) atoms. The molecule has 2 rings (SSSR count). The highest BCUT2D eigenvalue weighted by molar-refractivity contribution is 9.11. The smallest absolute Gasteiger partial charge is 0.138 e. The highest BCUT2D eigenvalue weighted by Gasteiger charge is 2.09. The third-order valence-corrected chi connectivity index (χ3v) is 3.68. The Bertz CT molecular complexity index is 615. The fraction of sp³-hybridized carbons (Fsp3) is 0.143. The molecule has 1 N–H and O–H groups in total. The van der Waals surface area contributed by atoms with Crippen LogP contribution in [0, 0.1) is 11.6 Å². The van der Waals surface area contributed by atoms with Gasteiger partial charge >= 0.3 is 0 Å². The van der Waals surface area contributed by atoms with Gasteiger partial charge in [-0.1, -0.05) is 15.9 Å². The average molecular weight is 407 g/mol. The highest BCUT2D eigenvalue weighted by Crippen LogP contribution is 2.33. The molecule has 0 fully saturated rings. The first-order chi connectivity index (χ1) is 9.49. The Morgan fingerprint density at radius 2 is 1.70 bits per heavy atom. The SMILES string of the molecule is COc1c(Br)cc(Br)cc1CNc1cc(F)cc(F)c1. The second-order valence-electron chi connectivity index (χ2n) is 4.09.